The van der Waals surface area contributed by atoms with Crippen LogP contribution in [0.5, 0.6) is 0 Å². The summed E-state index contributed by atoms with van der Waals surface area (Å²) in [5.41, 5.74) is 1.55. The van der Waals surface area contributed by atoms with E-state index in [1.54, 1.807) is 13.1 Å². The maximum Gasteiger partial charge on any atom is 0.251 e. The van der Waals surface area contributed by atoms with Crippen molar-refractivity contribution in [2.75, 3.05) is 32.0 Å². The van der Waals surface area contributed by atoms with Gasteiger partial charge in [0.1, 0.15) is 5.82 Å². The molecule has 0 bridgehead atoms. The molecule has 2 aliphatic heterocycles. The molecule has 1 aromatic carbocycles. The van der Waals surface area contributed by atoms with E-state index < -0.39 is 6.50 Å². The largest absolute Gasteiger partial charge is 0.370 e. The summed E-state index contributed by atoms with van der Waals surface area (Å²) < 4.78 is 24.4. The molecule has 5 rings (SSSR count). The van der Waals surface area contributed by atoms with Gasteiger partial charge in [0.2, 0.25) is 0 Å². The molecule has 0 radical (unpaired) electrons. The van der Waals surface area contributed by atoms with Crippen LogP contribution in [0.3, 0.4) is 0 Å². The summed E-state index contributed by atoms with van der Waals surface area (Å²) >= 11 is 0. The molecule has 1 amide bonds. The lowest BCUT2D eigenvalue weighted by Crippen LogP contribution is -2.47. The van der Waals surface area contributed by atoms with Crippen molar-refractivity contribution >= 4 is 11.7 Å². The molecule has 1 saturated carbocycles. The van der Waals surface area contributed by atoms with Crippen molar-refractivity contribution in [2.24, 2.45) is 17.8 Å². The fourth-order valence-electron chi connectivity index (χ4n) is 6.70. The van der Waals surface area contributed by atoms with Crippen LogP contribution < -0.4 is 10.6 Å². The third-order valence-corrected chi connectivity index (χ3v) is 7.81. The second kappa shape index (κ2) is 9.75. The zero-order chi connectivity index (χ0) is 27.3. The number of hydrogen-bond donors (Lipinski definition) is 2. The molecule has 2 N–H and O–H groups in total. The van der Waals surface area contributed by atoms with Crippen LogP contribution >= 0.6 is 0 Å². The lowest BCUT2D eigenvalue weighted by molar-refractivity contribution is -0.174. The van der Waals surface area contributed by atoms with Gasteiger partial charge >= 0.3 is 0 Å². The number of hydrogen-bond acceptors (Lipinski definition) is 6. The van der Waals surface area contributed by atoms with Gasteiger partial charge in [0.05, 0.1) is 16.9 Å². The quantitative estimate of drug-likeness (QED) is 0.612. The fraction of sp³-hybridized carbons (Fsp3) is 0.621. The normalized spacial score (nSPS) is 28.8. The first kappa shape index (κ1) is 22.7. The maximum absolute atomic E-state index is 11.9. The highest BCUT2D eigenvalue weighted by Gasteiger charge is 2.44. The Kier molecular flexibility index (Phi) is 6.14. The lowest BCUT2D eigenvalue weighted by atomic mass is 9.80. The van der Waals surface area contributed by atoms with Gasteiger partial charge < -0.3 is 20.3 Å². The van der Waals surface area contributed by atoms with E-state index in [-0.39, 0.29) is 23.0 Å². The van der Waals surface area contributed by atoms with Gasteiger partial charge in [-0.1, -0.05) is 12.1 Å². The van der Waals surface area contributed by atoms with Gasteiger partial charge in [0.25, 0.3) is 5.91 Å². The van der Waals surface area contributed by atoms with Crippen LogP contribution in [-0.4, -0.2) is 64.9 Å². The molecule has 36 heavy (non-hydrogen) atoms. The average molecular weight is 494 g/mol. The highest BCUT2D eigenvalue weighted by molar-refractivity contribution is 5.95. The van der Waals surface area contributed by atoms with Gasteiger partial charge in [-0.05, 0) is 95.4 Å². The van der Waals surface area contributed by atoms with Gasteiger partial charge in [-0.3, -0.25) is 4.79 Å². The average Bonchev–Trinajstić information content (AvgIpc) is 3.41. The monoisotopic (exact) mass is 493 g/mol. The zero-order valence-electron chi connectivity index (χ0n) is 24.2. The molecule has 1 aliphatic carbocycles. The van der Waals surface area contributed by atoms with Crippen LogP contribution in [0.25, 0.3) is 11.3 Å². The SMILES string of the molecule is [2H]C([2H])(C1CC(C)(C)OC(C)(C)C1)N1C[C@H]2CC(Nc3ccc(-c4cccc(C(=O)NC)c4)nn3)C[C@H]2C1. The van der Waals surface area contributed by atoms with Gasteiger partial charge in [-0.25, -0.2) is 0 Å². The first-order chi connectivity index (χ1) is 17.8. The smallest absolute Gasteiger partial charge is 0.251 e. The second-order valence-corrected chi connectivity index (χ2v) is 12.1. The number of nitrogens with one attached hydrogen (secondary N) is 2. The molecule has 194 valence electrons. The number of anilines is 1. The molecule has 0 spiro atoms. The molecule has 1 aromatic heterocycles. The lowest BCUT2D eigenvalue weighted by Gasteiger charge is -2.46. The third kappa shape index (κ3) is 5.73. The zero-order valence-corrected chi connectivity index (χ0v) is 22.2. The first-order valence-electron chi connectivity index (χ1n) is 14.2. The van der Waals surface area contributed by atoms with Crippen LogP contribution in [0.15, 0.2) is 36.4 Å². The summed E-state index contributed by atoms with van der Waals surface area (Å²) in [4.78, 5) is 14.1. The van der Waals surface area contributed by atoms with Crippen molar-refractivity contribution in [2.45, 2.75) is 70.6 Å². The van der Waals surface area contributed by atoms with Crippen LogP contribution in [-0.2, 0) is 4.74 Å². The number of benzene rings is 1. The molecule has 3 fully saturated rings. The minimum atomic E-state index is -1.33. The minimum absolute atomic E-state index is 0.0418. The number of rotatable bonds is 6. The van der Waals surface area contributed by atoms with E-state index >= 15 is 0 Å². The molecule has 2 aromatic rings. The summed E-state index contributed by atoms with van der Waals surface area (Å²) in [6, 6.07) is 11.6. The Morgan fingerprint density at radius 1 is 1.08 bits per heavy atom. The molecule has 7 nitrogen and oxygen atoms in total. The molecular weight excluding hydrogens is 450 g/mol. The third-order valence-electron chi connectivity index (χ3n) is 7.81. The molecule has 2 saturated heterocycles. The highest BCUT2D eigenvalue weighted by atomic mass is 16.5. The number of carbonyl (C=O) groups excluding carboxylic acids is 1. The topological polar surface area (TPSA) is 79.4 Å². The van der Waals surface area contributed by atoms with E-state index in [2.05, 4.69) is 53.4 Å². The molecule has 3 aliphatic rings. The molecule has 1 unspecified atom stereocenters. The van der Waals surface area contributed by atoms with Crippen LogP contribution in [0, 0.1) is 17.8 Å². The first-order valence-corrected chi connectivity index (χ1v) is 13.2. The van der Waals surface area contributed by atoms with Crippen LogP contribution in [0.4, 0.5) is 5.82 Å². The Balaban J connectivity index is 1.18. The Morgan fingerprint density at radius 2 is 1.78 bits per heavy atom. The summed E-state index contributed by atoms with van der Waals surface area (Å²) in [5, 5.41) is 15.0. The molecule has 3 heterocycles. The Hall–Kier alpha value is -2.51. The van der Waals surface area contributed by atoms with Crippen LogP contribution in [0.2, 0.25) is 0 Å². The number of likely N-dealkylation sites (tertiary alicyclic amines) is 1. The summed E-state index contributed by atoms with van der Waals surface area (Å²) in [6.07, 6.45) is 3.51. The van der Waals surface area contributed by atoms with E-state index in [1.165, 1.54) is 0 Å². The number of fused-ring (bicyclic) bond motifs is 1. The summed E-state index contributed by atoms with van der Waals surface area (Å²) in [6.45, 7) is 8.63. The van der Waals surface area contributed by atoms with Crippen molar-refractivity contribution in [3.63, 3.8) is 0 Å². The predicted octanol–water partition coefficient (Wildman–Crippen LogP) is 4.61. The summed E-state index contributed by atoms with van der Waals surface area (Å²) in [5.74, 6) is 1.56. The van der Waals surface area contributed by atoms with E-state index in [4.69, 9.17) is 7.48 Å². The van der Waals surface area contributed by atoms with E-state index in [1.807, 2.05) is 30.3 Å². The predicted molar refractivity (Wildman–Crippen MR) is 143 cm³/mol. The van der Waals surface area contributed by atoms with Crippen molar-refractivity contribution < 1.29 is 12.3 Å². The van der Waals surface area contributed by atoms with Gasteiger partial charge in [-0.2, -0.15) is 0 Å². The van der Waals surface area contributed by atoms with E-state index in [0.717, 1.165) is 55.8 Å². The Bertz CT molecular complexity index is 1140. The van der Waals surface area contributed by atoms with Gasteiger partial charge in [0, 0.05) is 46.5 Å². The summed E-state index contributed by atoms with van der Waals surface area (Å²) in [7, 11) is 1.62. The Morgan fingerprint density at radius 3 is 2.39 bits per heavy atom. The fourth-order valence-corrected chi connectivity index (χ4v) is 6.70. The number of aromatic nitrogens is 2. The van der Waals surface area contributed by atoms with Crippen LogP contribution in [0.1, 0.15) is 66.5 Å². The minimum Gasteiger partial charge on any atom is -0.370 e. The molecule has 7 heteroatoms. The molecular formula is C29H41N5O2. The van der Waals surface area contributed by atoms with Crippen molar-refractivity contribution in [1.29, 1.82) is 0 Å². The number of ether oxygens (including phenoxy) is 1. The maximum atomic E-state index is 11.9. The number of carbonyl (C=O) groups is 1. The van der Waals surface area contributed by atoms with E-state index in [0.29, 0.717) is 23.4 Å². The van der Waals surface area contributed by atoms with E-state index in [9.17, 15) is 4.79 Å². The highest BCUT2D eigenvalue weighted by Crippen LogP contribution is 2.42. The Labute approximate surface area is 218 Å². The molecule has 3 atom stereocenters. The number of amides is 1. The van der Waals surface area contributed by atoms with Gasteiger partial charge in [0.15, 0.2) is 0 Å². The van der Waals surface area contributed by atoms with Gasteiger partial charge in [-0.15, -0.1) is 10.2 Å². The van der Waals surface area contributed by atoms with Crippen molar-refractivity contribution in [3.05, 3.63) is 42.0 Å². The second-order valence-electron chi connectivity index (χ2n) is 12.1. The standard InChI is InChI=1S/C29H41N5O2/c1-28(2)14-19(15-29(3,4)36-28)16-34-17-22-12-24(13-23(22)18-34)31-26-10-9-25(32-33-26)20-7-6-8-21(11-20)27(35)30-5/h6-11,19,22-24H,12-18H2,1-5H3,(H,30,35)(H,31,33)/t22-,23+,24?/i16D2. The number of nitrogens with zero attached hydrogens (tertiary/aromatic N) is 3. The van der Waals surface area contributed by atoms with Crippen molar-refractivity contribution in [3.8, 4) is 11.3 Å². The van der Waals surface area contributed by atoms with Crippen molar-refractivity contribution in [1.82, 2.24) is 20.4 Å².